The van der Waals surface area contributed by atoms with Gasteiger partial charge in [-0.05, 0) is 45.9 Å². The van der Waals surface area contributed by atoms with E-state index < -0.39 is 45.6 Å². The summed E-state index contributed by atoms with van der Waals surface area (Å²) in [4.78, 5) is 76.7. The van der Waals surface area contributed by atoms with Crippen LogP contribution in [0.25, 0.3) is 0 Å². The third-order valence-corrected chi connectivity index (χ3v) is 9.01. The number of nitro benzene ring substituents is 2. The molecule has 0 saturated carbocycles. The van der Waals surface area contributed by atoms with E-state index in [4.69, 9.17) is 18.9 Å². The molecular weight excluding hydrogens is 706 g/mol. The maximum atomic E-state index is 13.6. The Morgan fingerprint density at radius 2 is 0.963 bits per heavy atom. The zero-order chi connectivity index (χ0) is 39.9. The standard InChI is InChI=1S/C37H41N5O12/c1-20-28(34(43)51-6)32(24-10-8-12-26(18-24)41(47)48)30(22(3)38-20)36(45)53-16-14-40(5)15-17-54-37(46)31-23(4)39-21(2)29(35(44)52-7)33(31)25-11-9-13-27(19-25)42(49)50/h8-13,18-19,32-33,38-39H,14-17H2,1-7H3. The maximum absolute atomic E-state index is 13.6. The van der Waals surface area contributed by atoms with Crippen molar-refractivity contribution in [3.05, 3.63) is 125 Å². The lowest BCUT2D eigenvalue weighted by molar-refractivity contribution is -0.385. The van der Waals surface area contributed by atoms with Crippen molar-refractivity contribution in [2.75, 3.05) is 47.6 Å². The molecule has 0 bridgehead atoms. The molecule has 2 N–H and O–H groups in total. The van der Waals surface area contributed by atoms with Crippen molar-refractivity contribution in [1.82, 2.24) is 15.5 Å². The van der Waals surface area contributed by atoms with Crippen molar-refractivity contribution >= 4 is 35.3 Å². The highest BCUT2D eigenvalue weighted by molar-refractivity contribution is 6.01. The van der Waals surface area contributed by atoms with Crippen LogP contribution < -0.4 is 10.6 Å². The zero-order valence-electron chi connectivity index (χ0n) is 30.8. The number of ether oxygens (including phenoxy) is 4. The SMILES string of the molecule is COC(=O)C1=C(C)NC(C)=C(C(=O)OCCN(C)CCOC(=O)C2=C(C)NC(C)=C(C(=O)OC)C2c2cccc([N+](=O)[O-])c2)C1c1cccc([N+](=O)[O-])c1. The van der Waals surface area contributed by atoms with E-state index in [1.54, 1.807) is 51.8 Å². The van der Waals surface area contributed by atoms with Gasteiger partial charge < -0.3 is 29.6 Å². The van der Waals surface area contributed by atoms with Crippen molar-refractivity contribution in [2.45, 2.75) is 39.5 Å². The van der Waals surface area contributed by atoms with E-state index in [2.05, 4.69) is 10.6 Å². The minimum atomic E-state index is -1.01. The molecule has 0 aromatic heterocycles. The first-order valence-corrected chi connectivity index (χ1v) is 16.7. The van der Waals surface area contributed by atoms with Crippen LogP contribution in [0.15, 0.2) is 93.6 Å². The molecule has 0 spiro atoms. The molecule has 4 rings (SSSR count). The van der Waals surface area contributed by atoms with Crippen molar-refractivity contribution < 1.29 is 48.0 Å². The summed E-state index contributed by atoms with van der Waals surface area (Å²) in [5.41, 5.74) is 2.20. The number of benzene rings is 2. The molecule has 54 heavy (non-hydrogen) atoms. The van der Waals surface area contributed by atoms with Crippen LogP contribution in [-0.2, 0) is 38.1 Å². The molecule has 17 nitrogen and oxygen atoms in total. The number of carbonyl (C=O) groups is 4. The number of likely N-dealkylation sites (N-methyl/N-ethyl adjacent to an activating group) is 1. The van der Waals surface area contributed by atoms with Gasteiger partial charge in [-0.25, -0.2) is 19.2 Å². The number of allylic oxidation sites excluding steroid dienone is 4. The lowest BCUT2D eigenvalue weighted by Crippen LogP contribution is -2.34. The number of hydrogen-bond donors (Lipinski definition) is 2. The fraction of sp³-hybridized carbons (Fsp3) is 0.351. The molecule has 2 atom stereocenters. The Morgan fingerprint density at radius 3 is 1.28 bits per heavy atom. The molecule has 286 valence electrons. The minimum absolute atomic E-state index is 0.0803. The minimum Gasteiger partial charge on any atom is -0.466 e. The Hall–Kier alpha value is -6.36. The summed E-state index contributed by atoms with van der Waals surface area (Å²) in [6, 6.07) is 11.3. The monoisotopic (exact) mass is 747 g/mol. The molecular formula is C37H41N5O12. The van der Waals surface area contributed by atoms with Gasteiger partial charge in [0.05, 0.1) is 58.2 Å². The fourth-order valence-corrected chi connectivity index (χ4v) is 6.45. The Balaban J connectivity index is 1.44. The number of esters is 4. The van der Waals surface area contributed by atoms with Gasteiger partial charge in [0.15, 0.2) is 0 Å². The zero-order valence-corrected chi connectivity index (χ0v) is 30.8. The molecule has 0 aliphatic carbocycles. The third-order valence-electron chi connectivity index (χ3n) is 9.01. The number of carbonyl (C=O) groups excluding carboxylic acids is 4. The van der Waals surface area contributed by atoms with Crippen molar-refractivity contribution in [3.63, 3.8) is 0 Å². The van der Waals surface area contributed by atoms with Gasteiger partial charge in [0.2, 0.25) is 0 Å². The van der Waals surface area contributed by atoms with Crippen LogP contribution in [0.1, 0.15) is 50.7 Å². The summed E-state index contributed by atoms with van der Waals surface area (Å²) < 4.78 is 21.2. The van der Waals surface area contributed by atoms with Crippen molar-refractivity contribution in [3.8, 4) is 0 Å². The van der Waals surface area contributed by atoms with E-state index in [0.29, 0.717) is 33.9 Å². The van der Waals surface area contributed by atoms with E-state index in [-0.39, 0.29) is 60.0 Å². The van der Waals surface area contributed by atoms with Gasteiger partial charge in [0, 0.05) is 60.1 Å². The van der Waals surface area contributed by atoms with Crippen LogP contribution in [0.5, 0.6) is 0 Å². The average molecular weight is 748 g/mol. The number of dihydropyridines is 2. The first-order chi connectivity index (χ1) is 25.6. The summed E-state index contributed by atoms with van der Waals surface area (Å²) in [6.45, 7) is 6.74. The van der Waals surface area contributed by atoms with E-state index in [0.717, 1.165) is 0 Å². The molecule has 2 aliphatic rings. The van der Waals surface area contributed by atoms with Crippen LogP contribution >= 0.6 is 0 Å². The second-order valence-electron chi connectivity index (χ2n) is 12.5. The Bertz CT molecular complexity index is 1870. The van der Waals surface area contributed by atoms with Gasteiger partial charge in [0.1, 0.15) is 13.2 Å². The predicted molar refractivity (Wildman–Crippen MR) is 192 cm³/mol. The van der Waals surface area contributed by atoms with E-state index in [9.17, 15) is 39.4 Å². The summed E-state index contributed by atoms with van der Waals surface area (Å²) in [5, 5.41) is 29.1. The summed E-state index contributed by atoms with van der Waals surface area (Å²) >= 11 is 0. The molecule has 0 saturated heterocycles. The number of nitrogens with one attached hydrogen (secondary N) is 2. The number of non-ortho nitro benzene ring substituents is 2. The number of rotatable bonds is 14. The highest BCUT2D eigenvalue weighted by Gasteiger charge is 2.40. The average Bonchev–Trinajstić information content (AvgIpc) is 3.13. The van der Waals surface area contributed by atoms with E-state index >= 15 is 0 Å². The summed E-state index contributed by atoms with van der Waals surface area (Å²) in [5.74, 6) is -4.98. The van der Waals surface area contributed by atoms with Gasteiger partial charge in [-0.15, -0.1) is 0 Å². The Morgan fingerprint density at radius 1 is 0.630 bits per heavy atom. The van der Waals surface area contributed by atoms with Crippen LogP contribution in [0.3, 0.4) is 0 Å². The molecule has 2 heterocycles. The first-order valence-electron chi connectivity index (χ1n) is 16.7. The van der Waals surface area contributed by atoms with E-state index in [1.165, 1.54) is 50.6 Å². The van der Waals surface area contributed by atoms with Crippen molar-refractivity contribution in [1.29, 1.82) is 0 Å². The van der Waals surface area contributed by atoms with E-state index in [1.807, 2.05) is 0 Å². The van der Waals surface area contributed by atoms with Gasteiger partial charge in [0.25, 0.3) is 11.4 Å². The first kappa shape index (κ1) is 40.4. The summed E-state index contributed by atoms with van der Waals surface area (Å²) in [7, 11) is 4.10. The number of methoxy groups -OCH3 is 2. The highest BCUT2D eigenvalue weighted by atomic mass is 16.6. The molecule has 0 radical (unpaired) electrons. The second-order valence-corrected chi connectivity index (χ2v) is 12.5. The second kappa shape index (κ2) is 17.4. The number of hydrogen-bond acceptors (Lipinski definition) is 15. The third kappa shape index (κ3) is 8.80. The normalized spacial score (nSPS) is 17.1. The highest BCUT2D eigenvalue weighted by Crippen LogP contribution is 2.41. The quantitative estimate of drug-likeness (QED) is 0.121. The van der Waals surface area contributed by atoms with Crippen LogP contribution in [0, 0.1) is 20.2 Å². The van der Waals surface area contributed by atoms with Gasteiger partial charge in [-0.1, -0.05) is 24.3 Å². The van der Waals surface area contributed by atoms with Gasteiger partial charge in [-0.3, -0.25) is 25.1 Å². The molecule has 0 amide bonds. The Labute approximate surface area is 310 Å². The number of nitrogens with zero attached hydrogens (tertiary/aromatic N) is 3. The van der Waals surface area contributed by atoms with Crippen LogP contribution in [0.2, 0.25) is 0 Å². The summed E-state index contributed by atoms with van der Waals surface area (Å²) in [6.07, 6.45) is 0. The molecule has 2 aliphatic heterocycles. The molecule has 2 unspecified atom stereocenters. The largest absolute Gasteiger partial charge is 0.466 e. The van der Waals surface area contributed by atoms with Crippen LogP contribution in [0.4, 0.5) is 11.4 Å². The molecule has 2 aromatic rings. The smallest absolute Gasteiger partial charge is 0.336 e. The van der Waals surface area contributed by atoms with Gasteiger partial charge >= 0.3 is 23.9 Å². The van der Waals surface area contributed by atoms with Crippen molar-refractivity contribution in [2.24, 2.45) is 0 Å². The fourth-order valence-electron chi connectivity index (χ4n) is 6.45. The lowest BCUT2D eigenvalue weighted by atomic mass is 9.80. The topological polar surface area (TPSA) is 219 Å². The molecule has 0 fully saturated rings. The predicted octanol–water partition coefficient (Wildman–Crippen LogP) is 4.04. The maximum Gasteiger partial charge on any atom is 0.336 e. The van der Waals surface area contributed by atoms with Crippen LogP contribution in [-0.4, -0.2) is 86.2 Å². The lowest BCUT2D eigenvalue weighted by Gasteiger charge is -2.30. The number of nitro groups is 2. The molecule has 2 aromatic carbocycles. The molecule has 17 heteroatoms. The Kier molecular flexibility index (Phi) is 13.1. The van der Waals surface area contributed by atoms with Gasteiger partial charge in [-0.2, -0.15) is 0 Å².